The molecule has 1 N–H and O–H groups in total. The van der Waals surface area contributed by atoms with E-state index in [4.69, 9.17) is 16.3 Å². The molecule has 0 aliphatic carbocycles. The molecule has 1 heterocycles. The number of nitrogens with zero attached hydrogens (tertiary/aromatic N) is 2. The maximum Gasteiger partial charge on any atom is 0.264 e. The average Bonchev–Trinajstić information content (AvgIpc) is 2.85. The number of carbonyl (C=O) groups is 1. The Morgan fingerprint density at radius 3 is 2.95 bits per heavy atom. The highest BCUT2D eigenvalue weighted by atomic mass is 35.5. The Balaban J connectivity index is 1.86. The zero-order chi connectivity index (χ0) is 13.7. The van der Waals surface area contributed by atoms with Crippen LogP contribution >= 0.6 is 34.7 Å². The molecule has 0 fully saturated rings. The number of carbonyl (C=O) groups excluding carboxylic acids is 1. The van der Waals surface area contributed by atoms with Crippen molar-refractivity contribution in [2.45, 2.75) is 4.34 Å². The van der Waals surface area contributed by atoms with Gasteiger partial charge in [0.25, 0.3) is 5.91 Å². The predicted molar refractivity (Wildman–Crippen MR) is 77.3 cm³/mol. The lowest BCUT2D eigenvalue weighted by atomic mass is 10.3. The minimum absolute atomic E-state index is 0.127. The molecule has 100 valence electrons. The first kappa shape index (κ1) is 14.1. The summed E-state index contributed by atoms with van der Waals surface area (Å²) in [6.07, 6.45) is 1.90. The van der Waals surface area contributed by atoms with E-state index in [1.165, 1.54) is 23.1 Å². The number of aromatic nitrogens is 2. The van der Waals surface area contributed by atoms with Crippen LogP contribution in [0, 0.1) is 0 Å². The summed E-state index contributed by atoms with van der Waals surface area (Å²) < 4.78 is 6.10. The van der Waals surface area contributed by atoms with Crippen LogP contribution in [0.4, 0.5) is 5.13 Å². The smallest absolute Gasteiger partial charge is 0.264 e. The summed E-state index contributed by atoms with van der Waals surface area (Å²) in [7, 11) is 0. The molecule has 2 rings (SSSR count). The molecule has 0 aliphatic rings. The van der Waals surface area contributed by atoms with Crippen LogP contribution in [0.25, 0.3) is 0 Å². The second-order valence-electron chi connectivity index (χ2n) is 3.34. The van der Waals surface area contributed by atoms with Crippen molar-refractivity contribution in [3.05, 3.63) is 29.3 Å². The van der Waals surface area contributed by atoms with E-state index in [1.807, 2.05) is 6.26 Å². The number of halogens is 1. The van der Waals surface area contributed by atoms with Crippen molar-refractivity contribution in [1.82, 2.24) is 10.2 Å². The summed E-state index contributed by atoms with van der Waals surface area (Å²) in [5, 5.41) is 11.2. The molecule has 0 saturated carbocycles. The summed E-state index contributed by atoms with van der Waals surface area (Å²) in [6, 6.07) is 6.98. The van der Waals surface area contributed by atoms with E-state index in [0.717, 1.165) is 4.34 Å². The molecule has 2 aromatic rings. The van der Waals surface area contributed by atoms with E-state index in [2.05, 4.69) is 15.5 Å². The van der Waals surface area contributed by atoms with Gasteiger partial charge in [0.15, 0.2) is 10.9 Å². The molecule has 0 aliphatic heterocycles. The third-order valence-electron chi connectivity index (χ3n) is 2.02. The zero-order valence-electron chi connectivity index (χ0n) is 9.92. The Morgan fingerprint density at radius 2 is 2.26 bits per heavy atom. The van der Waals surface area contributed by atoms with Gasteiger partial charge in [-0.25, -0.2) is 0 Å². The highest BCUT2D eigenvalue weighted by Crippen LogP contribution is 2.24. The third-order valence-corrected chi connectivity index (χ3v) is 4.15. The quantitative estimate of drug-likeness (QED) is 0.679. The van der Waals surface area contributed by atoms with Gasteiger partial charge in [-0.1, -0.05) is 46.8 Å². The van der Waals surface area contributed by atoms with Gasteiger partial charge >= 0.3 is 0 Å². The maximum atomic E-state index is 11.6. The first-order chi connectivity index (χ1) is 9.19. The van der Waals surface area contributed by atoms with Crippen LogP contribution in [-0.2, 0) is 4.79 Å². The molecule has 0 saturated heterocycles. The van der Waals surface area contributed by atoms with Crippen LogP contribution in [-0.4, -0.2) is 29.0 Å². The van der Waals surface area contributed by atoms with Gasteiger partial charge in [0.05, 0.1) is 5.02 Å². The molecule has 0 atom stereocenters. The normalized spacial score (nSPS) is 10.2. The monoisotopic (exact) mass is 315 g/mol. The number of amides is 1. The maximum absolute atomic E-state index is 11.6. The first-order valence-electron chi connectivity index (χ1n) is 5.23. The van der Waals surface area contributed by atoms with Crippen molar-refractivity contribution in [2.75, 3.05) is 18.2 Å². The van der Waals surface area contributed by atoms with Crippen LogP contribution in [0.1, 0.15) is 0 Å². The molecule has 0 spiro atoms. The van der Waals surface area contributed by atoms with Gasteiger partial charge < -0.3 is 4.74 Å². The second kappa shape index (κ2) is 6.74. The third kappa shape index (κ3) is 4.09. The van der Waals surface area contributed by atoms with Gasteiger partial charge in [-0.05, 0) is 18.4 Å². The van der Waals surface area contributed by atoms with Gasteiger partial charge in [0.1, 0.15) is 5.75 Å². The SMILES string of the molecule is CSc1nnc(NC(=O)COc2ccccc2Cl)s1. The second-order valence-corrected chi connectivity index (χ2v) is 5.78. The van der Waals surface area contributed by atoms with Gasteiger partial charge in [-0.15, -0.1) is 10.2 Å². The molecule has 0 unspecified atom stereocenters. The van der Waals surface area contributed by atoms with E-state index >= 15 is 0 Å². The lowest BCUT2D eigenvalue weighted by molar-refractivity contribution is -0.118. The number of ether oxygens (including phenoxy) is 1. The van der Waals surface area contributed by atoms with E-state index in [1.54, 1.807) is 24.3 Å². The number of benzene rings is 1. The fourth-order valence-electron chi connectivity index (χ4n) is 1.20. The number of hydrogen-bond acceptors (Lipinski definition) is 6. The fraction of sp³-hybridized carbons (Fsp3) is 0.182. The van der Waals surface area contributed by atoms with Crippen molar-refractivity contribution in [1.29, 1.82) is 0 Å². The van der Waals surface area contributed by atoms with Crippen LogP contribution in [0.2, 0.25) is 5.02 Å². The molecule has 8 heteroatoms. The van der Waals surface area contributed by atoms with Gasteiger partial charge in [-0.3, -0.25) is 10.1 Å². The van der Waals surface area contributed by atoms with Crippen molar-refractivity contribution >= 4 is 45.7 Å². The van der Waals surface area contributed by atoms with Gasteiger partial charge in [0, 0.05) is 0 Å². The summed E-state index contributed by atoms with van der Waals surface area (Å²) in [4.78, 5) is 11.6. The summed E-state index contributed by atoms with van der Waals surface area (Å²) in [5.41, 5.74) is 0. The minimum atomic E-state index is -0.302. The van der Waals surface area contributed by atoms with Gasteiger partial charge in [-0.2, -0.15) is 0 Å². The largest absolute Gasteiger partial charge is 0.482 e. The molecule has 19 heavy (non-hydrogen) atoms. The Labute approximate surface area is 123 Å². The number of thioether (sulfide) groups is 1. The Morgan fingerprint density at radius 1 is 1.47 bits per heavy atom. The van der Waals surface area contributed by atoms with Crippen LogP contribution in [0.15, 0.2) is 28.6 Å². The van der Waals surface area contributed by atoms with Crippen LogP contribution in [0.5, 0.6) is 5.75 Å². The summed E-state index contributed by atoms with van der Waals surface area (Å²) >= 11 is 8.70. The topological polar surface area (TPSA) is 64.1 Å². The lowest BCUT2D eigenvalue weighted by Crippen LogP contribution is -2.20. The Kier molecular flexibility index (Phi) is 5.00. The standard InChI is InChI=1S/C11H10ClN3O2S2/c1-18-11-15-14-10(19-11)13-9(16)6-17-8-5-3-2-4-7(8)12/h2-5H,6H2,1H3,(H,13,14,16). The van der Waals surface area contributed by atoms with E-state index in [0.29, 0.717) is 15.9 Å². The van der Waals surface area contributed by atoms with Crippen molar-refractivity contribution in [3.8, 4) is 5.75 Å². The number of nitrogens with one attached hydrogen (secondary N) is 1. The number of para-hydroxylation sites is 1. The highest BCUT2D eigenvalue weighted by Gasteiger charge is 2.09. The van der Waals surface area contributed by atoms with Crippen LogP contribution < -0.4 is 10.1 Å². The van der Waals surface area contributed by atoms with Crippen LogP contribution in [0.3, 0.4) is 0 Å². The average molecular weight is 316 g/mol. The Bertz CT molecular complexity index is 577. The molecule has 0 radical (unpaired) electrons. The summed E-state index contributed by atoms with van der Waals surface area (Å²) in [5.74, 6) is 0.171. The van der Waals surface area contributed by atoms with E-state index in [-0.39, 0.29) is 12.5 Å². The zero-order valence-corrected chi connectivity index (χ0v) is 12.3. The fourth-order valence-corrected chi connectivity index (χ4v) is 2.58. The van der Waals surface area contributed by atoms with E-state index < -0.39 is 0 Å². The molecule has 0 bridgehead atoms. The molecular formula is C11H10ClN3O2S2. The van der Waals surface area contributed by atoms with Gasteiger partial charge in [0.2, 0.25) is 5.13 Å². The molecule has 1 amide bonds. The highest BCUT2D eigenvalue weighted by molar-refractivity contribution is 8.00. The number of anilines is 1. The predicted octanol–water partition coefficient (Wildman–Crippen LogP) is 2.93. The molecule has 1 aromatic heterocycles. The summed E-state index contributed by atoms with van der Waals surface area (Å²) in [6.45, 7) is -0.127. The van der Waals surface area contributed by atoms with Crippen molar-refractivity contribution in [2.24, 2.45) is 0 Å². The lowest BCUT2D eigenvalue weighted by Gasteiger charge is -2.06. The van der Waals surface area contributed by atoms with E-state index in [9.17, 15) is 4.79 Å². The molecule has 1 aromatic carbocycles. The minimum Gasteiger partial charge on any atom is -0.482 e. The Hall–Kier alpha value is -1.31. The van der Waals surface area contributed by atoms with Crippen molar-refractivity contribution in [3.63, 3.8) is 0 Å². The molecule has 5 nitrogen and oxygen atoms in total. The number of hydrogen-bond donors (Lipinski definition) is 1. The van der Waals surface area contributed by atoms with Crippen molar-refractivity contribution < 1.29 is 9.53 Å². The molecular weight excluding hydrogens is 306 g/mol. The first-order valence-corrected chi connectivity index (χ1v) is 7.65. The number of rotatable bonds is 5.